The zero-order chi connectivity index (χ0) is 24.3. The molecule has 184 valence electrons. The molecular weight excluding hydrogens is 456 g/mol. The highest BCUT2D eigenvalue weighted by Crippen LogP contribution is 2.25. The lowest BCUT2D eigenvalue weighted by atomic mass is 10.2. The molecule has 0 fully saturated rings. The van der Waals surface area contributed by atoms with Gasteiger partial charge in [0.25, 0.3) is 5.91 Å². The van der Waals surface area contributed by atoms with E-state index >= 15 is 0 Å². The summed E-state index contributed by atoms with van der Waals surface area (Å²) in [7, 11) is 3.10. The van der Waals surface area contributed by atoms with Crippen molar-refractivity contribution in [1.82, 2.24) is 25.1 Å². The minimum atomic E-state index is -0.222. The molecule has 0 aliphatic rings. The van der Waals surface area contributed by atoms with Gasteiger partial charge in [0, 0.05) is 37.1 Å². The van der Waals surface area contributed by atoms with Crippen LogP contribution in [0.3, 0.4) is 0 Å². The molecule has 10 nitrogen and oxygen atoms in total. The third kappa shape index (κ3) is 6.73. The lowest BCUT2D eigenvalue weighted by molar-refractivity contribution is 0.0951. The van der Waals surface area contributed by atoms with E-state index in [4.69, 9.17) is 19.2 Å². The summed E-state index contributed by atoms with van der Waals surface area (Å²) in [5.74, 6) is 2.56. The Morgan fingerprint density at radius 2 is 1.85 bits per heavy atom. The van der Waals surface area contributed by atoms with Gasteiger partial charge in [-0.25, -0.2) is 14.6 Å². The normalized spacial score (nSPS) is 10.9. The van der Waals surface area contributed by atoms with E-state index in [0.717, 1.165) is 29.0 Å². The number of methoxy groups -OCH3 is 2. The molecule has 0 unspecified atom stereocenters. The summed E-state index contributed by atoms with van der Waals surface area (Å²) in [5.41, 5.74) is 1.19. The minimum absolute atomic E-state index is 0.222. The SMILES string of the molecule is CCCSc1nc(NCCOCC)c2cnn(CCNC(=O)c3cc(OC)cc(OC)c3)c2n1. The zero-order valence-electron chi connectivity index (χ0n) is 20.1. The second kappa shape index (κ2) is 13.0. The van der Waals surface area contributed by atoms with Crippen LogP contribution in [0.5, 0.6) is 11.5 Å². The van der Waals surface area contributed by atoms with Gasteiger partial charge in [-0.1, -0.05) is 18.7 Å². The topological polar surface area (TPSA) is 112 Å². The number of rotatable bonds is 14. The number of hydrogen-bond donors (Lipinski definition) is 2. The predicted octanol–water partition coefficient (Wildman–Crippen LogP) is 3.22. The quantitative estimate of drug-likeness (QED) is 0.201. The number of amides is 1. The highest BCUT2D eigenvalue weighted by atomic mass is 32.2. The molecule has 3 rings (SSSR count). The van der Waals surface area contributed by atoms with E-state index in [9.17, 15) is 4.79 Å². The van der Waals surface area contributed by atoms with Gasteiger partial charge in [-0.05, 0) is 25.5 Å². The fourth-order valence-electron chi connectivity index (χ4n) is 3.19. The highest BCUT2D eigenvalue weighted by Gasteiger charge is 2.14. The third-order valence-corrected chi connectivity index (χ3v) is 5.93. The largest absolute Gasteiger partial charge is 0.497 e. The number of aromatic nitrogens is 4. The molecule has 0 radical (unpaired) electrons. The van der Waals surface area contributed by atoms with Crippen LogP contribution in [0.2, 0.25) is 0 Å². The van der Waals surface area contributed by atoms with Gasteiger partial charge in [-0.3, -0.25) is 4.79 Å². The third-order valence-electron chi connectivity index (χ3n) is 4.88. The van der Waals surface area contributed by atoms with Crippen LogP contribution < -0.4 is 20.1 Å². The zero-order valence-corrected chi connectivity index (χ0v) is 20.9. The Labute approximate surface area is 203 Å². The average molecular weight is 489 g/mol. The van der Waals surface area contributed by atoms with E-state index in [-0.39, 0.29) is 5.91 Å². The molecule has 34 heavy (non-hydrogen) atoms. The van der Waals surface area contributed by atoms with Gasteiger partial charge in [-0.2, -0.15) is 5.10 Å². The van der Waals surface area contributed by atoms with E-state index in [1.165, 1.54) is 0 Å². The van der Waals surface area contributed by atoms with Crippen LogP contribution in [0.25, 0.3) is 11.0 Å². The molecule has 0 saturated heterocycles. The Balaban J connectivity index is 1.72. The molecule has 0 saturated carbocycles. The van der Waals surface area contributed by atoms with Crippen molar-refractivity contribution in [2.45, 2.75) is 32.0 Å². The lowest BCUT2D eigenvalue weighted by Gasteiger charge is -2.11. The van der Waals surface area contributed by atoms with Crippen LogP contribution in [-0.2, 0) is 11.3 Å². The van der Waals surface area contributed by atoms with Gasteiger partial charge in [0.15, 0.2) is 10.8 Å². The molecule has 2 aromatic heterocycles. The molecule has 2 N–H and O–H groups in total. The second-order valence-corrected chi connectivity index (χ2v) is 8.35. The van der Waals surface area contributed by atoms with Gasteiger partial charge in [0.1, 0.15) is 17.3 Å². The first-order valence-electron chi connectivity index (χ1n) is 11.3. The summed E-state index contributed by atoms with van der Waals surface area (Å²) in [6, 6.07) is 5.07. The number of nitrogens with zero attached hydrogens (tertiary/aromatic N) is 4. The summed E-state index contributed by atoms with van der Waals surface area (Å²) in [6.07, 6.45) is 2.78. The Morgan fingerprint density at radius 1 is 1.09 bits per heavy atom. The van der Waals surface area contributed by atoms with E-state index in [0.29, 0.717) is 55.1 Å². The Kier molecular flexibility index (Phi) is 9.77. The first-order valence-corrected chi connectivity index (χ1v) is 12.3. The molecule has 0 atom stereocenters. The van der Waals surface area contributed by atoms with E-state index in [2.05, 4.69) is 27.6 Å². The van der Waals surface area contributed by atoms with Crippen molar-refractivity contribution in [3.8, 4) is 11.5 Å². The van der Waals surface area contributed by atoms with Crippen molar-refractivity contribution in [2.75, 3.05) is 51.6 Å². The Morgan fingerprint density at radius 3 is 2.53 bits per heavy atom. The predicted molar refractivity (Wildman–Crippen MR) is 133 cm³/mol. The molecule has 0 aliphatic heterocycles. The van der Waals surface area contributed by atoms with E-state index < -0.39 is 0 Å². The number of carbonyl (C=O) groups excluding carboxylic acids is 1. The maximum absolute atomic E-state index is 12.7. The van der Waals surface area contributed by atoms with Crippen LogP contribution in [0.4, 0.5) is 5.82 Å². The summed E-state index contributed by atoms with van der Waals surface area (Å²) in [6.45, 7) is 6.84. The van der Waals surface area contributed by atoms with Crippen molar-refractivity contribution in [2.24, 2.45) is 0 Å². The molecule has 0 aliphatic carbocycles. The van der Waals surface area contributed by atoms with Crippen LogP contribution in [0, 0.1) is 0 Å². The van der Waals surface area contributed by atoms with Crippen molar-refractivity contribution >= 4 is 34.5 Å². The van der Waals surface area contributed by atoms with Crippen LogP contribution in [-0.4, -0.2) is 71.9 Å². The molecule has 0 bridgehead atoms. The smallest absolute Gasteiger partial charge is 0.251 e. The average Bonchev–Trinajstić information content (AvgIpc) is 3.27. The van der Waals surface area contributed by atoms with Crippen molar-refractivity contribution in [3.63, 3.8) is 0 Å². The first kappa shape index (κ1) is 25.6. The van der Waals surface area contributed by atoms with Gasteiger partial charge < -0.3 is 24.8 Å². The number of thioether (sulfide) groups is 1. The van der Waals surface area contributed by atoms with Crippen LogP contribution in [0.15, 0.2) is 29.6 Å². The fraction of sp³-hybridized carbons (Fsp3) is 0.478. The first-order chi connectivity index (χ1) is 16.6. The molecule has 1 aromatic carbocycles. The van der Waals surface area contributed by atoms with Gasteiger partial charge in [0.05, 0.1) is 39.0 Å². The molecule has 11 heteroatoms. The second-order valence-electron chi connectivity index (χ2n) is 7.29. The van der Waals surface area contributed by atoms with Gasteiger partial charge >= 0.3 is 0 Å². The number of hydrogen-bond acceptors (Lipinski definition) is 9. The summed E-state index contributed by atoms with van der Waals surface area (Å²) in [4.78, 5) is 22.1. The number of nitrogens with one attached hydrogen (secondary N) is 2. The summed E-state index contributed by atoms with van der Waals surface area (Å²) < 4.78 is 17.7. The number of ether oxygens (including phenoxy) is 3. The van der Waals surface area contributed by atoms with Crippen molar-refractivity contribution < 1.29 is 19.0 Å². The molecule has 1 amide bonds. The van der Waals surface area contributed by atoms with Crippen molar-refractivity contribution in [3.05, 3.63) is 30.0 Å². The number of anilines is 1. The summed E-state index contributed by atoms with van der Waals surface area (Å²) in [5, 5.41) is 12.3. The maximum atomic E-state index is 12.7. The minimum Gasteiger partial charge on any atom is -0.497 e. The number of fused-ring (bicyclic) bond motifs is 1. The van der Waals surface area contributed by atoms with E-state index in [1.54, 1.807) is 55.1 Å². The van der Waals surface area contributed by atoms with E-state index in [1.807, 2.05) is 6.92 Å². The number of benzene rings is 1. The molecule has 2 heterocycles. The summed E-state index contributed by atoms with van der Waals surface area (Å²) >= 11 is 1.61. The Hall–Kier alpha value is -3.05. The van der Waals surface area contributed by atoms with Crippen LogP contribution in [0.1, 0.15) is 30.6 Å². The highest BCUT2D eigenvalue weighted by molar-refractivity contribution is 7.99. The molecular formula is C23H32N6O4S. The van der Waals surface area contributed by atoms with Crippen LogP contribution >= 0.6 is 11.8 Å². The molecule has 3 aromatic rings. The van der Waals surface area contributed by atoms with Gasteiger partial charge in [0.2, 0.25) is 0 Å². The monoisotopic (exact) mass is 488 g/mol. The number of carbonyl (C=O) groups is 1. The van der Waals surface area contributed by atoms with Crippen molar-refractivity contribution in [1.29, 1.82) is 0 Å². The maximum Gasteiger partial charge on any atom is 0.251 e. The molecule has 0 spiro atoms. The fourth-order valence-corrected chi connectivity index (χ4v) is 3.89. The van der Waals surface area contributed by atoms with Gasteiger partial charge in [-0.15, -0.1) is 0 Å². The standard InChI is InChI=1S/C23H32N6O4S/c1-5-11-34-23-27-20(24-8-10-33-6-2)19-15-26-29(21(19)28-23)9-7-25-22(30)16-12-17(31-3)14-18(13-16)32-4/h12-15H,5-11H2,1-4H3,(H,25,30)(H,24,27,28). The lowest BCUT2D eigenvalue weighted by Crippen LogP contribution is -2.27. The Bertz CT molecular complexity index is 1070.